The maximum atomic E-state index is 13.0. The number of fused-ring (bicyclic) bond motifs is 1. The van der Waals surface area contributed by atoms with Crippen molar-refractivity contribution in [1.82, 2.24) is 20.3 Å². The molecule has 0 bridgehead atoms. The first-order valence-electron chi connectivity index (χ1n) is 11.6. The third kappa shape index (κ3) is 7.14. The van der Waals surface area contributed by atoms with Gasteiger partial charge in [0.1, 0.15) is 12.4 Å². The molecule has 2 amide bonds. The molecule has 0 fully saturated rings. The lowest BCUT2D eigenvalue weighted by molar-refractivity contribution is -0.395. The Morgan fingerprint density at radius 1 is 1.23 bits per heavy atom. The molecule has 2 aromatic heterocycles. The highest BCUT2D eigenvalue weighted by atomic mass is 16.7. The summed E-state index contributed by atoms with van der Waals surface area (Å²) in [5.74, 6) is 0.580. The second-order valence-corrected chi connectivity index (χ2v) is 7.87. The van der Waals surface area contributed by atoms with E-state index in [2.05, 4.69) is 25.3 Å². The summed E-state index contributed by atoms with van der Waals surface area (Å²) < 4.78 is 4.90. The van der Waals surface area contributed by atoms with Gasteiger partial charge in [-0.3, -0.25) is 19.4 Å². The van der Waals surface area contributed by atoms with E-state index in [-0.39, 0.29) is 24.8 Å². The number of nitrogens with two attached hydrogens (primary N) is 1. The van der Waals surface area contributed by atoms with Crippen LogP contribution in [-0.4, -0.2) is 59.5 Å². The number of amides is 2. The Hall–Kier alpha value is -3.70. The molecular weight excluding hydrogens is 450 g/mol. The number of aromatic nitrogens is 3. The normalized spacial score (nSPS) is 12.8. The molecule has 1 aliphatic heterocycles. The summed E-state index contributed by atoms with van der Waals surface area (Å²) in [5, 5.41) is 4.14. The van der Waals surface area contributed by atoms with Gasteiger partial charge in [-0.15, -0.1) is 0 Å². The van der Waals surface area contributed by atoms with E-state index < -0.39 is 0 Å². The number of nitrogens with one attached hydrogen (secondary N) is 2. The van der Waals surface area contributed by atoms with E-state index in [1.54, 1.807) is 31.8 Å². The minimum atomic E-state index is -0.241. The molecule has 3 heterocycles. The van der Waals surface area contributed by atoms with Crippen molar-refractivity contribution in [2.24, 2.45) is 10.7 Å². The number of H-pyrrole nitrogens is 1. The number of amidine groups is 1. The van der Waals surface area contributed by atoms with Crippen LogP contribution in [-0.2, 0) is 25.7 Å². The molecule has 0 aromatic carbocycles. The first-order valence-corrected chi connectivity index (χ1v) is 11.6. The van der Waals surface area contributed by atoms with Gasteiger partial charge in [0.2, 0.25) is 5.91 Å². The average Bonchev–Trinajstić information content (AvgIpc) is 3.03. The molecule has 35 heavy (non-hydrogen) atoms. The van der Waals surface area contributed by atoms with Crippen LogP contribution in [0, 0.1) is 0 Å². The van der Waals surface area contributed by atoms with Crippen molar-refractivity contribution in [2.45, 2.75) is 39.7 Å². The SMILES string of the molecule is CCCN(OCC)C(=O)C1=Cc2ncc(-c3cnc(CNC(=O)CCOC)[nH+]c3)cc2N=C(N)C1. The lowest BCUT2D eigenvalue weighted by atomic mass is 10.1. The Morgan fingerprint density at radius 3 is 2.71 bits per heavy atom. The van der Waals surface area contributed by atoms with Gasteiger partial charge < -0.3 is 15.8 Å². The zero-order valence-corrected chi connectivity index (χ0v) is 20.3. The first-order chi connectivity index (χ1) is 16.9. The number of aromatic amines is 1. The van der Waals surface area contributed by atoms with Gasteiger partial charge in [-0.05, 0) is 25.5 Å². The predicted molar refractivity (Wildman–Crippen MR) is 130 cm³/mol. The van der Waals surface area contributed by atoms with E-state index in [9.17, 15) is 9.59 Å². The number of carbonyl (C=O) groups excluding carboxylic acids is 2. The van der Waals surface area contributed by atoms with Crippen molar-refractivity contribution in [3.05, 3.63) is 41.7 Å². The number of hydrogen-bond donors (Lipinski definition) is 2. The highest BCUT2D eigenvalue weighted by Gasteiger charge is 2.22. The Labute approximate surface area is 204 Å². The first kappa shape index (κ1) is 25.9. The lowest BCUT2D eigenvalue weighted by Gasteiger charge is -2.21. The molecule has 0 radical (unpaired) electrons. The fourth-order valence-electron chi connectivity index (χ4n) is 3.41. The zero-order chi connectivity index (χ0) is 25.2. The average molecular weight is 483 g/mol. The Morgan fingerprint density at radius 2 is 2.03 bits per heavy atom. The number of carbonyl (C=O) groups is 2. The molecule has 11 heteroatoms. The van der Waals surface area contributed by atoms with E-state index in [0.29, 0.717) is 54.8 Å². The van der Waals surface area contributed by atoms with Gasteiger partial charge in [0.15, 0.2) is 6.20 Å². The minimum Gasteiger partial charge on any atom is -0.387 e. The van der Waals surface area contributed by atoms with E-state index in [1.165, 1.54) is 5.06 Å². The maximum Gasteiger partial charge on any atom is 0.315 e. The van der Waals surface area contributed by atoms with Crippen molar-refractivity contribution in [1.29, 1.82) is 0 Å². The molecule has 0 atom stereocenters. The van der Waals surface area contributed by atoms with Gasteiger partial charge in [-0.2, -0.15) is 0 Å². The van der Waals surface area contributed by atoms with Gasteiger partial charge in [0.25, 0.3) is 5.91 Å². The molecule has 4 N–H and O–H groups in total. The smallest absolute Gasteiger partial charge is 0.315 e. The standard InChI is InChI=1S/C24H31N7O4/c1-4-7-31(35-5-2)24(33)16-9-19-20(30-21(25)11-16)10-17(12-26-19)18-13-27-22(28-14-18)15-29-23(32)6-8-34-3/h9-10,12-14H,4-8,11,15H2,1-3H3,(H2,25,30)(H,29,32)/p+1. The van der Waals surface area contributed by atoms with Gasteiger partial charge in [-0.1, -0.05) is 11.9 Å². The fraction of sp³-hybridized carbons (Fsp3) is 0.417. The third-order valence-electron chi connectivity index (χ3n) is 5.13. The Balaban J connectivity index is 1.77. The fourth-order valence-corrected chi connectivity index (χ4v) is 3.41. The molecule has 2 aromatic rings. The molecule has 0 saturated carbocycles. The van der Waals surface area contributed by atoms with Crippen LogP contribution in [0.3, 0.4) is 0 Å². The third-order valence-corrected chi connectivity index (χ3v) is 5.13. The second kappa shape index (κ2) is 12.7. The Bertz CT molecular complexity index is 1090. The molecule has 3 rings (SSSR count). The summed E-state index contributed by atoms with van der Waals surface area (Å²) in [6, 6.07) is 1.85. The van der Waals surface area contributed by atoms with E-state index in [1.807, 2.05) is 19.9 Å². The summed E-state index contributed by atoms with van der Waals surface area (Å²) in [6.45, 7) is 5.34. The number of hydrogen-bond acceptors (Lipinski definition) is 8. The van der Waals surface area contributed by atoms with Crippen LogP contribution >= 0.6 is 0 Å². The predicted octanol–water partition coefficient (Wildman–Crippen LogP) is 1.58. The van der Waals surface area contributed by atoms with Crippen molar-refractivity contribution >= 4 is 29.4 Å². The van der Waals surface area contributed by atoms with Crippen LogP contribution < -0.4 is 16.0 Å². The summed E-state index contributed by atoms with van der Waals surface area (Å²) in [5.41, 5.74) is 9.29. The number of rotatable bonds is 11. The van der Waals surface area contributed by atoms with Gasteiger partial charge >= 0.3 is 5.82 Å². The van der Waals surface area contributed by atoms with E-state index in [4.69, 9.17) is 15.3 Å². The van der Waals surface area contributed by atoms with Crippen LogP contribution in [0.4, 0.5) is 5.69 Å². The highest BCUT2D eigenvalue weighted by Crippen LogP contribution is 2.29. The molecular formula is C24H32N7O4+. The topological polar surface area (TPSA) is 146 Å². The summed E-state index contributed by atoms with van der Waals surface area (Å²) in [7, 11) is 1.55. The molecule has 0 spiro atoms. The van der Waals surface area contributed by atoms with Gasteiger partial charge in [-0.25, -0.2) is 15.0 Å². The molecule has 0 unspecified atom stereocenters. The van der Waals surface area contributed by atoms with E-state index in [0.717, 1.165) is 17.5 Å². The van der Waals surface area contributed by atoms with Crippen LogP contribution in [0.2, 0.25) is 0 Å². The van der Waals surface area contributed by atoms with Gasteiger partial charge in [0, 0.05) is 43.8 Å². The Kier molecular flexibility index (Phi) is 9.39. The number of pyridine rings is 1. The number of methoxy groups -OCH3 is 1. The van der Waals surface area contributed by atoms with Crippen molar-refractivity contribution in [3.63, 3.8) is 0 Å². The molecule has 186 valence electrons. The monoisotopic (exact) mass is 482 g/mol. The summed E-state index contributed by atoms with van der Waals surface area (Å²) in [4.78, 5) is 46.7. The number of nitrogens with zero attached hydrogens (tertiary/aromatic N) is 4. The summed E-state index contributed by atoms with van der Waals surface area (Å²) in [6.07, 6.45) is 8.15. The van der Waals surface area contributed by atoms with Crippen molar-refractivity contribution in [2.75, 3.05) is 26.9 Å². The largest absolute Gasteiger partial charge is 0.387 e. The number of hydroxylamine groups is 2. The maximum absolute atomic E-state index is 13.0. The summed E-state index contributed by atoms with van der Waals surface area (Å²) >= 11 is 0. The van der Waals surface area contributed by atoms with Gasteiger partial charge in [0.05, 0.1) is 36.4 Å². The number of ether oxygens (including phenoxy) is 1. The zero-order valence-electron chi connectivity index (χ0n) is 20.3. The molecule has 11 nitrogen and oxygen atoms in total. The molecule has 1 aliphatic rings. The van der Waals surface area contributed by atoms with E-state index >= 15 is 0 Å². The van der Waals surface area contributed by atoms with Crippen LogP contribution in [0.5, 0.6) is 0 Å². The lowest BCUT2D eigenvalue weighted by Crippen LogP contribution is -2.34. The van der Waals surface area contributed by atoms with Crippen LogP contribution in [0.25, 0.3) is 17.2 Å². The molecule has 0 saturated heterocycles. The van der Waals surface area contributed by atoms with Crippen molar-refractivity contribution in [3.8, 4) is 11.1 Å². The highest BCUT2D eigenvalue weighted by molar-refractivity contribution is 6.05. The second-order valence-electron chi connectivity index (χ2n) is 7.87. The van der Waals surface area contributed by atoms with Crippen LogP contribution in [0.1, 0.15) is 44.6 Å². The number of aliphatic imine (C=N–C) groups is 1. The van der Waals surface area contributed by atoms with Crippen molar-refractivity contribution < 1.29 is 24.1 Å². The molecule has 0 aliphatic carbocycles. The van der Waals surface area contributed by atoms with Crippen LogP contribution in [0.15, 0.2) is 35.2 Å². The quantitative estimate of drug-likeness (QED) is 0.462. The minimum absolute atomic E-state index is 0.110.